The molecule has 0 radical (unpaired) electrons. The lowest BCUT2D eigenvalue weighted by molar-refractivity contribution is -0.122. The minimum absolute atomic E-state index is 0.0339. The number of carbonyl (C=O) groups excluding carboxylic acids is 2. The topological polar surface area (TPSA) is 61.4 Å². The number of nitrogens with one attached hydrogen (secondary N) is 2. The van der Waals surface area contributed by atoms with Crippen molar-refractivity contribution in [3.05, 3.63) is 11.6 Å². The maximum atomic E-state index is 11.8. The largest absolute Gasteiger partial charge is 0.358 e. The molecule has 1 heterocycles. The Morgan fingerprint density at radius 3 is 2.47 bits per heavy atom. The van der Waals surface area contributed by atoms with Crippen LogP contribution in [0, 0.1) is 0 Å². The number of rotatable bonds is 5. The quantitative estimate of drug-likeness (QED) is 0.720. The summed E-state index contributed by atoms with van der Waals surface area (Å²) in [4.78, 5) is 25.2. The first-order chi connectivity index (χ1) is 9.06. The molecular formula is C14H25N3O2. The van der Waals surface area contributed by atoms with Gasteiger partial charge in [0.2, 0.25) is 11.8 Å². The molecule has 1 aliphatic heterocycles. The van der Waals surface area contributed by atoms with Crippen molar-refractivity contribution in [1.82, 2.24) is 15.5 Å². The molecule has 108 valence electrons. The van der Waals surface area contributed by atoms with Gasteiger partial charge in [0.25, 0.3) is 0 Å². The molecular weight excluding hydrogens is 242 g/mol. The van der Waals surface area contributed by atoms with Crippen LogP contribution >= 0.6 is 0 Å². The fourth-order valence-electron chi connectivity index (χ4n) is 2.22. The Bertz CT molecular complexity index is 345. The Kier molecular flexibility index (Phi) is 6.56. The zero-order valence-electron chi connectivity index (χ0n) is 12.2. The van der Waals surface area contributed by atoms with Crippen LogP contribution in [0.5, 0.6) is 0 Å². The maximum Gasteiger partial charge on any atom is 0.246 e. The van der Waals surface area contributed by atoms with Gasteiger partial charge < -0.3 is 10.6 Å². The number of allylic oxidation sites excluding steroid dienone is 1. The number of likely N-dealkylation sites (tertiary alicyclic amines) is 1. The smallest absolute Gasteiger partial charge is 0.246 e. The second-order valence-corrected chi connectivity index (χ2v) is 4.99. The third-order valence-electron chi connectivity index (χ3n) is 3.44. The Balaban J connectivity index is 2.32. The molecule has 2 N–H and O–H groups in total. The van der Waals surface area contributed by atoms with E-state index < -0.39 is 0 Å². The van der Waals surface area contributed by atoms with Crippen LogP contribution in [0.4, 0.5) is 0 Å². The van der Waals surface area contributed by atoms with E-state index in [4.69, 9.17) is 0 Å². The van der Waals surface area contributed by atoms with Crippen molar-refractivity contribution in [2.75, 3.05) is 26.7 Å². The van der Waals surface area contributed by atoms with E-state index in [0.29, 0.717) is 6.54 Å². The zero-order chi connectivity index (χ0) is 14.3. The van der Waals surface area contributed by atoms with Gasteiger partial charge in [0, 0.05) is 31.8 Å². The number of carbonyl (C=O) groups is 2. The highest BCUT2D eigenvalue weighted by Crippen LogP contribution is 2.10. The molecule has 1 saturated heterocycles. The summed E-state index contributed by atoms with van der Waals surface area (Å²) in [6.45, 7) is 6.03. The van der Waals surface area contributed by atoms with Crippen molar-refractivity contribution in [3.8, 4) is 0 Å². The standard InChI is InChI=1S/C14H25N3O2/c1-4-5-11(2)14(19)16-12-6-8-17(9-7-12)10-13(18)15-3/h5,12H,4,6-10H2,1-3H3,(H,15,18)(H,16,19)/b11-5+. The van der Waals surface area contributed by atoms with E-state index >= 15 is 0 Å². The molecule has 0 atom stereocenters. The van der Waals surface area contributed by atoms with E-state index in [1.165, 1.54) is 0 Å². The molecule has 0 aliphatic carbocycles. The van der Waals surface area contributed by atoms with Crippen LogP contribution in [-0.4, -0.2) is 49.4 Å². The maximum absolute atomic E-state index is 11.8. The predicted molar refractivity (Wildman–Crippen MR) is 75.7 cm³/mol. The first-order valence-corrected chi connectivity index (χ1v) is 6.97. The van der Waals surface area contributed by atoms with E-state index in [-0.39, 0.29) is 17.9 Å². The molecule has 0 saturated carbocycles. The van der Waals surface area contributed by atoms with Gasteiger partial charge in [-0.25, -0.2) is 0 Å². The van der Waals surface area contributed by atoms with Crippen LogP contribution in [0.3, 0.4) is 0 Å². The number of piperidine rings is 1. The van der Waals surface area contributed by atoms with Crippen molar-refractivity contribution < 1.29 is 9.59 Å². The van der Waals surface area contributed by atoms with Crippen molar-refractivity contribution >= 4 is 11.8 Å². The molecule has 0 aromatic carbocycles. The normalized spacial score (nSPS) is 18.2. The second-order valence-electron chi connectivity index (χ2n) is 4.99. The molecule has 0 aromatic rings. The summed E-state index contributed by atoms with van der Waals surface area (Å²) >= 11 is 0. The summed E-state index contributed by atoms with van der Waals surface area (Å²) in [6, 6.07) is 0.230. The Morgan fingerprint density at radius 2 is 1.95 bits per heavy atom. The lowest BCUT2D eigenvalue weighted by Crippen LogP contribution is -2.47. The lowest BCUT2D eigenvalue weighted by Gasteiger charge is -2.31. The van der Waals surface area contributed by atoms with E-state index in [2.05, 4.69) is 15.5 Å². The van der Waals surface area contributed by atoms with E-state index in [1.807, 2.05) is 19.9 Å². The molecule has 2 amide bonds. The summed E-state index contributed by atoms with van der Waals surface area (Å²) in [6.07, 6.45) is 4.63. The molecule has 0 unspecified atom stereocenters. The van der Waals surface area contributed by atoms with Crippen molar-refractivity contribution in [2.45, 2.75) is 39.2 Å². The monoisotopic (exact) mass is 267 g/mol. The molecule has 0 bridgehead atoms. The predicted octanol–water partition coefficient (Wildman–Crippen LogP) is 0.669. The van der Waals surface area contributed by atoms with Crippen LogP contribution in [0.1, 0.15) is 33.1 Å². The summed E-state index contributed by atoms with van der Waals surface area (Å²) in [5.41, 5.74) is 0.787. The number of amides is 2. The lowest BCUT2D eigenvalue weighted by atomic mass is 10.0. The number of likely N-dealkylation sites (N-methyl/N-ethyl adjacent to an activating group) is 1. The van der Waals surface area contributed by atoms with Gasteiger partial charge in [-0.3, -0.25) is 14.5 Å². The van der Waals surface area contributed by atoms with Gasteiger partial charge in [-0.15, -0.1) is 0 Å². The molecule has 1 rings (SSSR count). The second kappa shape index (κ2) is 7.94. The van der Waals surface area contributed by atoms with Gasteiger partial charge in [-0.05, 0) is 26.2 Å². The Hall–Kier alpha value is -1.36. The molecule has 0 aromatic heterocycles. The minimum atomic E-state index is 0.0339. The average Bonchev–Trinajstić information content (AvgIpc) is 2.41. The molecule has 5 heteroatoms. The van der Waals surface area contributed by atoms with Gasteiger partial charge in [0.15, 0.2) is 0 Å². The van der Waals surface area contributed by atoms with Crippen molar-refractivity contribution in [3.63, 3.8) is 0 Å². The van der Waals surface area contributed by atoms with Crippen LogP contribution in [0.15, 0.2) is 11.6 Å². The number of nitrogens with zero attached hydrogens (tertiary/aromatic N) is 1. The summed E-state index contributed by atoms with van der Waals surface area (Å²) in [5, 5.41) is 5.68. The van der Waals surface area contributed by atoms with Gasteiger partial charge in [0.1, 0.15) is 0 Å². The van der Waals surface area contributed by atoms with Gasteiger partial charge in [0.05, 0.1) is 6.54 Å². The summed E-state index contributed by atoms with van der Waals surface area (Å²) in [7, 11) is 1.65. The van der Waals surface area contributed by atoms with Gasteiger partial charge in [-0.2, -0.15) is 0 Å². The highest BCUT2D eigenvalue weighted by molar-refractivity contribution is 5.92. The van der Waals surface area contributed by atoms with Gasteiger partial charge >= 0.3 is 0 Å². The molecule has 1 aliphatic rings. The zero-order valence-corrected chi connectivity index (χ0v) is 12.2. The minimum Gasteiger partial charge on any atom is -0.358 e. The fourth-order valence-corrected chi connectivity index (χ4v) is 2.22. The van der Waals surface area contributed by atoms with Crippen LogP contribution in [-0.2, 0) is 9.59 Å². The molecule has 1 fully saturated rings. The van der Waals surface area contributed by atoms with E-state index in [0.717, 1.165) is 37.9 Å². The first kappa shape index (κ1) is 15.7. The highest BCUT2D eigenvalue weighted by atomic mass is 16.2. The first-order valence-electron chi connectivity index (χ1n) is 6.97. The SMILES string of the molecule is CC/C=C(\C)C(=O)NC1CCN(CC(=O)NC)CC1. The summed E-state index contributed by atoms with van der Waals surface area (Å²) in [5.74, 6) is 0.0795. The average molecular weight is 267 g/mol. The van der Waals surface area contributed by atoms with Crippen molar-refractivity contribution in [1.29, 1.82) is 0 Å². The van der Waals surface area contributed by atoms with E-state index in [9.17, 15) is 9.59 Å². The van der Waals surface area contributed by atoms with E-state index in [1.54, 1.807) is 7.05 Å². The Morgan fingerprint density at radius 1 is 1.32 bits per heavy atom. The molecule has 0 spiro atoms. The Labute approximate surface area is 115 Å². The third-order valence-corrected chi connectivity index (χ3v) is 3.44. The van der Waals surface area contributed by atoms with Crippen molar-refractivity contribution in [2.24, 2.45) is 0 Å². The highest BCUT2D eigenvalue weighted by Gasteiger charge is 2.21. The van der Waals surface area contributed by atoms with Crippen LogP contribution < -0.4 is 10.6 Å². The number of hydrogen-bond acceptors (Lipinski definition) is 3. The summed E-state index contributed by atoms with van der Waals surface area (Å²) < 4.78 is 0. The molecule has 19 heavy (non-hydrogen) atoms. The third kappa shape index (κ3) is 5.42. The molecule has 5 nitrogen and oxygen atoms in total. The van der Waals surface area contributed by atoms with Gasteiger partial charge in [-0.1, -0.05) is 13.0 Å². The van der Waals surface area contributed by atoms with Crippen LogP contribution in [0.25, 0.3) is 0 Å². The fraction of sp³-hybridized carbons (Fsp3) is 0.714. The number of hydrogen-bond donors (Lipinski definition) is 2. The van der Waals surface area contributed by atoms with Crippen LogP contribution in [0.2, 0.25) is 0 Å².